The molecule has 0 aromatic heterocycles. The van der Waals surface area contributed by atoms with E-state index in [1.165, 1.54) is 0 Å². The molecule has 5 nitrogen and oxygen atoms in total. The number of carbonyl (C=O) groups excluding carboxylic acids is 2. The summed E-state index contributed by atoms with van der Waals surface area (Å²) in [5, 5.41) is 5.96. The zero-order valence-corrected chi connectivity index (χ0v) is 14.0. The number of nitrogens with one attached hydrogen (secondary N) is 2. The minimum absolute atomic E-state index is 0.0927. The molecule has 0 spiro atoms. The van der Waals surface area contributed by atoms with Crippen molar-refractivity contribution in [3.63, 3.8) is 0 Å². The van der Waals surface area contributed by atoms with Crippen LogP contribution < -0.4 is 15.5 Å². The second kappa shape index (κ2) is 7.10. The van der Waals surface area contributed by atoms with Gasteiger partial charge in [0.15, 0.2) is 0 Å². The van der Waals surface area contributed by atoms with Crippen molar-refractivity contribution in [1.29, 1.82) is 0 Å². The Balaban J connectivity index is 1.80. The Hall–Kier alpha value is -3.26. The topological polar surface area (TPSA) is 61.4 Å². The molecule has 0 saturated heterocycles. The molecule has 0 radical (unpaired) electrons. The molecule has 0 bridgehead atoms. The SMILES string of the molecule is C#Cc1cccc(NCC(=O)N2c3ccccc3NC(=O)C[C@@H]2C)c1. The highest BCUT2D eigenvalue weighted by Crippen LogP contribution is 2.31. The minimum atomic E-state index is -0.227. The Morgan fingerprint density at radius 1 is 1.32 bits per heavy atom. The van der Waals surface area contributed by atoms with Crippen LogP contribution in [-0.2, 0) is 9.59 Å². The number of rotatable bonds is 3. The summed E-state index contributed by atoms with van der Waals surface area (Å²) in [6.07, 6.45) is 5.66. The van der Waals surface area contributed by atoms with Gasteiger partial charge in [0.25, 0.3) is 0 Å². The summed E-state index contributed by atoms with van der Waals surface area (Å²) >= 11 is 0. The summed E-state index contributed by atoms with van der Waals surface area (Å²) < 4.78 is 0. The van der Waals surface area contributed by atoms with Crippen LogP contribution >= 0.6 is 0 Å². The summed E-state index contributed by atoms with van der Waals surface area (Å²) in [5.74, 6) is 2.37. The van der Waals surface area contributed by atoms with Gasteiger partial charge in [-0.05, 0) is 37.3 Å². The lowest BCUT2D eigenvalue weighted by Gasteiger charge is -2.28. The lowest BCUT2D eigenvalue weighted by Crippen LogP contribution is -2.42. The molecule has 3 rings (SSSR count). The van der Waals surface area contributed by atoms with E-state index in [9.17, 15) is 9.59 Å². The fourth-order valence-corrected chi connectivity index (χ4v) is 2.95. The predicted molar refractivity (Wildman–Crippen MR) is 99.5 cm³/mol. The molecular weight excluding hydrogens is 314 g/mol. The van der Waals surface area contributed by atoms with E-state index in [1.54, 1.807) is 11.0 Å². The van der Waals surface area contributed by atoms with Crippen molar-refractivity contribution in [2.24, 2.45) is 0 Å². The molecule has 1 aliphatic rings. The van der Waals surface area contributed by atoms with E-state index in [2.05, 4.69) is 16.6 Å². The van der Waals surface area contributed by atoms with E-state index in [4.69, 9.17) is 6.42 Å². The number of nitrogens with zero attached hydrogens (tertiary/aromatic N) is 1. The maximum Gasteiger partial charge on any atom is 0.246 e. The number of amides is 2. The molecule has 1 atom stereocenters. The number of para-hydroxylation sites is 2. The third kappa shape index (κ3) is 3.64. The minimum Gasteiger partial charge on any atom is -0.376 e. The molecule has 1 aliphatic heterocycles. The Morgan fingerprint density at radius 3 is 2.92 bits per heavy atom. The van der Waals surface area contributed by atoms with Crippen LogP contribution in [0.25, 0.3) is 0 Å². The molecule has 25 heavy (non-hydrogen) atoms. The van der Waals surface area contributed by atoms with Gasteiger partial charge in [0, 0.05) is 23.7 Å². The molecule has 5 heteroatoms. The van der Waals surface area contributed by atoms with Crippen LogP contribution in [0.5, 0.6) is 0 Å². The van der Waals surface area contributed by atoms with Gasteiger partial charge < -0.3 is 15.5 Å². The van der Waals surface area contributed by atoms with Crippen LogP contribution in [0.3, 0.4) is 0 Å². The van der Waals surface area contributed by atoms with Crippen molar-refractivity contribution < 1.29 is 9.59 Å². The maximum absolute atomic E-state index is 12.8. The van der Waals surface area contributed by atoms with Crippen LogP contribution in [0.4, 0.5) is 17.1 Å². The van der Waals surface area contributed by atoms with Gasteiger partial charge in [-0.25, -0.2) is 0 Å². The van der Waals surface area contributed by atoms with Gasteiger partial charge in [-0.2, -0.15) is 0 Å². The number of terminal acetylenes is 1. The van der Waals surface area contributed by atoms with Crippen LogP contribution in [-0.4, -0.2) is 24.4 Å². The van der Waals surface area contributed by atoms with E-state index in [-0.39, 0.29) is 30.8 Å². The second-order valence-corrected chi connectivity index (χ2v) is 5.96. The summed E-state index contributed by atoms with van der Waals surface area (Å²) in [6.45, 7) is 1.99. The first-order valence-corrected chi connectivity index (χ1v) is 8.10. The predicted octanol–water partition coefficient (Wildman–Crippen LogP) is 2.84. The summed E-state index contributed by atoms with van der Waals surface area (Å²) in [5.41, 5.74) is 2.90. The molecule has 2 N–H and O–H groups in total. The number of benzene rings is 2. The largest absolute Gasteiger partial charge is 0.376 e. The van der Waals surface area contributed by atoms with Crippen molar-refractivity contribution >= 4 is 28.9 Å². The second-order valence-electron chi connectivity index (χ2n) is 5.96. The van der Waals surface area contributed by atoms with E-state index < -0.39 is 0 Å². The van der Waals surface area contributed by atoms with Crippen molar-refractivity contribution in [1.82, 2.24) is 0 Å². The van der Waals surface area contributed by atoms with Crippen LogP contribution in [0.1, 0.15) is 18.9 Å². The van der Waals surface area contributed by atoms with Crippen LogP contribution in [0.15, 0.2) is 48.5 Å². The highest BCUT2D eigenvalue weighted by atomic mass is 16.2. The smallest absolute Gasteiger partial charge is 0.246 e. The van der Waals surface area contributed by atoms with E-state index in [1.807, 2.05) is 49.4 Å². The number of hydrogen-bond acceptors (Lipinski definition) is 3. The van der Waals surface area contributed by atoms with Crippen LogP contribution in [0.2, 0.25) is 0 Å². The normalized spacial score (nSPS) is 16.2. The van der Waals surface area contributed by atoms with Crippen molar-refractivity contribution in [2.75, 3.05) is 22.1 Å². The quantitative estimate of drug-likeness (QED) is 0.849. The first-order chi connectivity index (χ1) is 12.1. The monoisotopic (exact) mass is 333 g/mol. The van der Waals surface area contributed by atoms with Crippen molar-refractivity contribution in [2.45, 2.75) is 19.4 Å². The van der Waals surface area contributed by atoms with Gasteiger partial charge in [-0.1, -0.05) is 24.1 Å². The van der Waals surface area contributed by atoms with Gasteiger partial charge in [0.2, 0.25) is 11.8 Å². The Labute approximate surface area is 147 Å². The summed E-state index contributed by atoms with van der Waals surface area (Å²) in [7, 11) is 0. The maximum atomic E-state index is 12.8. The molecule has 0 unspecified atom stereocenters. The molecule has 0 aliphatic carbocycles. The van der Waals surface area contributed by atoms with Crippen LogP contribution in [0, 0.1) is 12.3 Å². The average molecular weight is 333 g/mol. The standard InChI is InChI=1S/C20H19N3O2/c1-3-15-7-6-8-16(12-15)21-13-20(25)23-14(2)11-19(24)22-17-9-4-5-10-18(17)23/h1,4-10,12,14,21H,11,13H2,2H3,(H,22,24)/t14-/m0/s1. The number of anilines is 3. The lowest BCUT2D eigenvalue weighted by molar-refractivity contribution is -0.118. The number of hydrogen-bond donors (Lipinski definition) is 2. The third-order valence-corrected chi connectivity index (χ3v) is 4.10. The molecule has 0 fully saturated rings. The Bertz CT molecular complexity index is 854. The fourth-order valence-electron chi connectivity index (χ4n) is 2.95. The van der Waals surface area contributed by atoms with Gasteiger partial charge >= 0.3 is 0 Å². The van der Waals surface area contributed by atoms with Gasteiger partial charge in [-0.3, -0.25) is 9.59 Å². The molecule has 2 aromatic carbocycles. The highest BCUT2D eigenvalue weighted by molar-refractivity contribution is 6.05. The zero-order chi connectivity index (χ0) is 17.8. The van der Waals surface area contributed by atoms with E-state index in [0.29, 0.717) is 11.4 Å². The highest BCUT2D eigenvalue weighted by Gasteiger charge is 2.29. The molecule has 2 aromatic rings. The van der Waals surface area contributed by atoms with Crippen molar-refractivity contribution in [3.05, 3.63) is 54.1 Å². The fraction of sp³-hybridized carbons (Fsp3) is 0.200. The molecule has 126 valence electrons. The van der Waals surface area contributed by atoms with E-state index >= 15 is 0 Å². The molecule has 2 amide bonds. The van der Waals surface area contributed by atoms with Gasteiger partial charge in [-0.15, -0.1) is 6.42 Å². The first-order valence-electron chi connectivity index (χ1n) is 8.10. The number of fused-ring (bicyclic) bond motifs is 1. The first kappa shape index (κ1) is 16.6. The number of carbonyl (C=O) groups is 2. The lowest BCUT2D eigenvalue weighted by atomic mass is 10.1. The van der Waals surface area contributed by atoms with Gasteiger partial charge in [0.1, 0.15) is 0 Å². The van der Waals surface area contributed by atoms with Crippen molar-refractivity contribution in [3.8, 4) is 12.3 Å². The Morgan fingerprint density at radius 2 is 2.12 bits per heavy atom. The Kier molecular flexibility index (Phi) is 4.71. The molecular formula is C20H19N3O2. The van der Waals surface area contributed by atoms with Gasteiger partial charge in [0.05, 0.1) is 17.9 Å². The zero-order valence-electron chi connectivity index (χ0n) is 14.0. The summed E-state index contributed by atoms with van der Waals surface area (Å²) in [6, 6.07) is 14.5. The molecule has 1 heterocycles. The average Bonchev–Trinajstić information content (AvgIpc) is 2.74. The molecule has 0 saturated carbocycles. The van der Waals surface area contributed by atoms with E-state index in [0.717, 1.165) is 11.3 Å². The summed E-state index contributed by atoms with van der Waals surface area (Å²) in [4.78, 5) is 26.5. The third-order valence-electron chi connectivity index (χ3n) is 4.10.